The van der Waals surface area contributed by atoms with Crippen LogP contribution in [0.2, 0.25) is 0 Å². The van der Waals surface area contributed by atoms with Crippen molar-refractivity contribution in [1.82, 2.24) is 0 Å². The molecule has 3 N–H and O–H groups in total. The molecule has 2 aromatic rings. The normalized spacial score (nSPS) is 11.8. The number of nitrogens with two attached hydrogens (primary N) is 1. The first-order valence-corrected chi connectivity index (χ1v) is 12.8. The summed E-state index contributed by atoms with van der Waals surface area (Å²) in [5.41, 5.74) is 0.00830. The molecule has 0 bridgehead atoms. The molecule has 0 radical (unpaired) electrons. The van der Waals surface area contributed by atoms with E-state index >= 15 is 0 Å². The molecule has 1 unspecified atom stereocenters. The van der Waals surface area contributed by atoms with Crippen molar-refractivity contribution in [3.8, 4) is 11.5 Å². The summed E-state index contributed by atoms with van der Waals surface area (Å²) in [7, 11) is -4.34. The minimum absolute atomic E-state index is 0.0842. The standard InChI is InChI=1S/C24H30N2O9S/c1-4-6-12-26-19-13-17(24(29)33-15-21(27)34-16(3)23(28)32-5-2)14-20(36(25,30)31)22(19)35-18-10-8-7-9-11-18/h7-11,13-14,16,26H,4-6,12,15H2,1-3H3,(H2,25,30,31). The molecule has 0 amide bonds. The van der Waals surface area contributed by atoms with Crippen LogP contribution in [0.15, 0.2) is 47.4 Å². The van der Waals surface area contributed by atoms with Gasteiger partial charge in [0, 0.05) is 6.54 Å². The number of primary sulfonamides is 1. The van der Waals surface area contributed by atoms with E-state index in [4.69, 9.17) is 24.1 Å². The molecule has 0 aliphatic rings. The zero-order valence-electron chi connectivity index (χ0n) is 20.3. The summed E-state index contributed by atoms with van der Waals surface area (Å²) in [6.07, 6.45) is 0.432. The van der Waals surface area contributed by atoms with Crippen LogP contribution in [0.25, 0.3) is 0 Å². The van der Waals surface area contributed by atoms with Gasteiger partial charge in [-0.1, -0.05) is 31.5 Å². The number of rotatable bonds is 13. The number of para-hydroxylation sites is 1. The van der Waals surface area contributed by atoms with Crippen LogP contribution in [0.3, 0.4) is 0 Å². The molecule has 196 valence electrons. The molecule has 0 saturated heterocycles. The van der Waals surface area contributed by atoms with Crippen LogP contribution < -0.4 is 15.2 Å². The van der Waals surface area contributed by atoms with E-state index in [1.54, 1.807) is 37.3 Å². The van der Waals surface area contributed by atoms with Gasteiger partial charge in [-0.15, -0.1) is 0 Å². The number of carbonyl (C=O) groups excluding carboxylic acids is 3. The lowest BCUT2D eigenvalue weighted by atomic mass is 10.1. The Morgan fingerprint density at radius 2 is 1.75 bits per heavy atom. The van der Waals surface area contributed by atoms with Gasteiger partial charge in [0.15, 0.2) is 18.5 Å². The maximum Gasteiger partial charge on any atom is 0.347 e. The molecule has 0 heterocycles. The van der Waals surface area contributed by atoms with Gasteiger partial charge in [-0.3, -0.25) is 0 Å². The second kappa shape index (κ2) is 13.4. The summed E-state index contributed by atoms with van der Waals surface area (Å²) in [6, 6.07) is 10.8. The molecule has 0 spiro atoms. The van der Waals surface area contributed by atoms with Crippen molar-refractivity contribution >= 4 is 33.6 Å². The molecule has 0 aromatic heterocycles. The molecule has 12 heteroatoms. The quantitative estimate of drug-likeness (QED) is 0.227. The highest BCUT2D eigenvalue weighted by Gasteiger charge is 2.25. The molecular formula is C24H30N2O9S. The topological polar surface area (TPSA) is 160 Å². The zero-order chi connectivity index (χ0) is 26.7. The molecule has 0 aliphatic carbocycles. The lowest BCUT2D eigenvalue weighted by Crippen LogP contribution is -2.28. The number of carbonyl (C=O) groups is 3. The van der Waals surface area contributed by atoms with E-state index in [1.807, 2.05) is 6.92 Å². The van der Waals surface area contributed by atoms with E-state index in [-0.39, 0.29) is 23.6 Å². The SMILES string of the molecule is CCCCNc1cc(C(=O)OCC(=O)OC(C)C(=O)OCC)cc(S(N)(=O)=O)c1Oc1ccccc1. The van der Waals surface area contributed by atoms with E-state index in [2.05, 4.69) is 5.32 Å². The average Bonchev–Trinajstić information content (AvgIpc) is 2.83. The first-order valence-electron chi connectivity index (χ1n) is 11.3. The predicted octanol–water partition coefficient (Wildman–Crippen LogP) is 2.99. The first kappa shape index (κ1) is 28.6. The van der Waals surface area contributed by atoms with E-state index in [9.17, 15) is 22.8 Å². The zero-order valence-corrected chi connectivity index (χ0v) is 21.1. The first-order chi connectivity index (χ1) is 17.1. The Kier molecular flexibility index (Phi) is 10.7. The summed E-state index contributed by atoms with van der Waals surface area (Å²) < 4.78 is 45.2. The summed E-state index contributed by atoms with van der Waals surface area (Å²) in [5.74, 6) is -2.47. The van der Waals surface area contributed by atoms with Crippen molar-refractivity contribution in [2.75, 3.05) is 25.1 Å². The third-order valence-electron chi connectivity index (χ3n) is 4.65. The van der Waals surface area contributed by atoms with Crippen molar-refractivity contribution in [1.29, 1.82) is 0 Å². The minimum Gasteiger partial charge on any atom is -0.463 e. The highest BCUT2D eigenvalue weighted by Crippen LogP contribution is 2.37. The Hall–Kier alpha value is -3.64. The van der Waals surface area contributed by atoms with Crippen LogP contribution in [0.5, 0.6) is 11.5 Å². The Morgan fingerprint density at radius 3 is 2.36 bits per heavy atom. The molecule has 0 saturated carbocycles. The number of hydrogen-bond donors (Lipinski definition) is 2. The number of benzene rings is 2. The van der Waals surface area contributed by atoms with E-state index in [1.165, 1.54) is 13.0 Å². The van der Waals surface area contributed by atoms with Gasteiger partial charge in [0.25, 0.3) is 0 Å². The number of ether oxygens (including phenoxy) is 4. The van der Waals surface area contributed by atoms with Crippen molar-refractivity contribution in [2.45, 2.75) is 44.6 Å². The summed E-state index contributed by atoms with van der Waals surface area (Å²) in [6.45, 7) is 4.66. The molecule has 2 rings (SSSR count). The van der Waals surface area contributed by atoms with Gasteiger partial charge in [-0.2, -0.15) is 0 Å². The Balaban J connectivity index is 2.31. The van der Waals surface area contributed by atoms with Gasteiger partial charge in [0.05, 0.1) is 17.9 Å². The van der Waals surface area contributed by atoms with Gasteiger partial charge in [0.1, 0.15) is 10.6 Å². The summed E-state index contributed by atoms with van der Waals surface area (Å²) >= 11 is 0. The maximum atomic E-state index is 12.7. The van der Waals surface area contributed by atoms with Crippen molar-refractivity contribution < 1.29 is 41.7 Å². The predicted molar refractivity (Wildman–Crippen MR) is 130 cm³/mol. The number of hydrogen-bond acceptors (Lipinski definition) is 10. The molecule has 36 heavy (non-hydrogen) atoms. The van der Waals surface area contributed by atoms with Crippen LogP contribution in [-0.2, 0) is 33.8 Å². The van der Waals surface area contributed by atoms with E-state index in [0.29, 0.717) is 12.3 Å². The van der Waals surface area contributed by atoms with Crippen molar-refractivity contribution in [3.05, 3.63) is 48.0 Å². The maximum absolute atomic E-state index is 12.7. The summed E-state index contributed by atoms with van der Waals surface area (Å²) in [5, 5.41) is 8.49. The number of anilines is 1. The van der Waals surface area contributed by atoms with Gasteiger partial charge in [-0.05, 0) is 44.5 Å². The second-order valence-electron chi connectivity index (χ2n) is 7.55. The fraction of sp³-hybridized carbons (Fsp3) is 0.375. The van der Waals surface area contributed by atoms with Crippen molar-refractivity contribution in [2.24, 2.45) is 5.14 Å². The smallest absolute Gasteiger partial charge is 0.347 e. The fourth-order valence-corrected chi connectivity index (χ4v) is 3.62. The number of sulfonamides is 1. The molecule has 1 atom stereocenters. The minimum atomic E-state index is -4.34. The van der Waals surface area contributed by atoms with Crippen molar-refractivity contribution in [3.63, 3.8) is 0 Å². The van der Waals surface area contributed by atoms with Gasteiger partial charge in [-0.25, -0.2) is 27.9 Å². The van der Waals surface area contributed by atoms with Gasteiger partial charge in [0.2, 0.25) is 10.0 Å². The monoisotopic (exact) mass is 522 g/mol. The van der Waals surface area contributed by atoms with Crippen LogP contribution >= 0.6 is 0 Å². The third-order valence-corrected chi connectivity index (χ3v) is 5.57. The number of nitrogens with one attached hydrogen (secondary N) is 1. The Bertz CT molecular complexity index is 1170. The highest BCUT2D eigenvalue weighted by atomic mass is 32.2. The molecule has 0 aliphatic heterocycles. The largest absolute Gasteiger partial charge is 0.463 e. The molecule has 11 nitrogen and oxygen atoms in total. The number of unbranched alkanes of at least 4 members (excludes halogenated alkanes) is 1. The Morgan fingerprint density at radius 1 is 1.06 bits per heavy atom. The fourth-order valence-electron chi connectivity index (χ4n) is 2.92. The van der Waals surface area contributed by atoms with Gasteiger partial charge < -0.3 is 24.3 Å². The molecule has 0 fully saturated rings. The average molecular weight is 523 g/mol. The summed E-state index contributed by atoms with van der Waals surface area (Å²) in [4.78, 5) is 35.8. The lowest BCUT2D eigenvalue weighted by Gasteiger charge is -2.18. The van der Waals surface area contributed by atoms with Crippen LogP contribution in [0.1, 0.15) is 44.0 Å². The second-order valence-corrected chi connectivity index (χ2v) is 9.08. The molecular weight excluding hydrogens is 492 g/mol. The van der Waals surface area contributed by atoms with Crippen LogP contribution in [-0.4, -0.2) is 52.2 Å². The lowest BCUT2D eigenvalue weighted by molar-refractivity contribution is -0.167. The van der Waals surface area contributed by atoms with Crippen LogP contribution in [0.4, 0.5) is 5.69 Å². The third kappa shape index (κ3) is 8.54. The Labute approximate surface area is 209 Å². The van der Waals surface area contributed by atoms with Gasteiger partial charge >= 0.3 is 17.9 Å². The highest BCUT2D eigenvalue weighted by molar-refractivity contribution is 7.89. The molecule has 2 aromatic carbocycles. The van der Waals surface area contributed by atoms with Crippen LogP contribution in [0, 0.1) is 0 Å². The number of esters is 3. The van der Waals surface area contributed by atoms with E-state index < -0.39 is 45.5 Å². The van der Waals surface area contributed by atoms with E-state index in [0.717, 1.165) is 18.9 Å².